The number of imidazole rings is 1. The maximum absolute atomic E-state index is 4.35. The van der Waals surface area contributed by atoms with Gasteiger partial charge >= 0.3 is 0 Å². The van der Waals surface area contributed by atoms with Gasteiger partial charge in [0.15, 0.2) is 0 Å². The van der Waals surface area contributed by atoms with Gasteiger partial charge in [-0.3, -0.25) is 4.98 Å². The summed E-state index contributed by atoms with van der Waals surface area (Å²) < 4.78 is 2.19. The number of rotatable bonds is 6. The molecule has 0 amide bonds. The van der Waals surface area contributed by atoms with Crippen LogP contribution >= 0.6 is 0 Å². The lowest BCUT2D eigenvalue weighted by Crippen LogP contribution is -2.16. The third kappa shape index (κ3) is 3.39. The van der Waals surface area contributed by atoms with Gasteiger partial charge in [0.1, 0.15) is 5.82 Å². The Balaban J connectivity index is 1.84. The molecule has 2 heterocycles. The van der Waals surface area contributed by atoms with Crippen molar-refractivity contribution < 1.29 is 0 Å². The number of hydrogen-bond acceptors (Lipinski definition) is 3. The fraction of sp³-hybridized carbons (Fsp3) is 0.385. The second-order valence-electron chi connectivity index (χ2n) is 4.00. The van der Waals surface area contributed by atoms with Gasteiger partial charge in [-0.1, -0.05) is 13.0 Å². The van der Waals surface area contributed by atoms with Crippen LogP contribution in [0, 0.1) is 0 Å². The van der Waals surface area contributed by atoms with Gasteiger partial charge in [0.05, 0.1) is 6.54 Å². The number of nitrogens with one attached hydrogen (secondary N) is 1. The van der Waals surface area contributed by atoms with Crippen LogP contribution in [0.5, 0.6) is 0 Å². The summed E-state index contributed by atoms with van der Waals surface area (Å²) >= 11 is 0. The molecule has 0 aliphatic carbocycles. The van der Waals surface area contributed by atoms with Gasteiger partial charge in [0, 0.05) is 37.9 Å². The molecular formula is C13H18N4. The Morgan fingerprint density at radius 1 is 1.29 bits per heavy atom. The number of nitrogens with zero attached hydrogens (tertiary/aromatic N) is 3. The van der Waals surface area contributed by atoms with E-state index in [1.807, 2.05) is 24.7 Å². The van der Waals surface area contributed by atoms with Crippen molar-refractivity contribution in [2.45, 2.75) is 33.0 Å². The molecule has 17 heavy (non-hydrogen) atoms. The molecule has 0 bridgehead atoms. The second-order valence-corrected chi connectivity index (χ2v) is 4.00. The average Bonchev–Trinajstić information content (AvgIpc) is 2.79. The smallest absolute Gasteiger partial charge is 0.122 e. The van der Waals surface area contributed by atoms with Gasteiger partial charge in [-0.15, -0.1) is 0 Å². The van der Waals surface area contributed by atoms with Crippen molar-refractivity contribution in [3.63, 3.8) is 0 Å². The first-order valence-corrected chi connectivity index (χ1v) is 5.99. The molecule has 2 rings (SSSR count). The molecule has 0 unspecified atom stereocenters. The van der Waals surface area contributed by atoms with Crippen molar-refractivity contribution in [3.8, 4) is 0 Å². The van der Waals surface area contributed by atoms with E-state index in [-0.39, 0.29) is 0 Å². The molecule has 0 radical (unpaired) electrons. The third-order valence-corrected chi connectivity index (χ3v) is 2.60. The molecule has 0 atom stereocenters. The highest BCUT2D eigenvalue weighted by Gasteiger charge is 2.01. The summed E-state index contributed by atoms with van der Waals surface area (Å²) in [6, 6.07) is 4.02. The topological polar surface area (TPSA) is 42.7 Å². The van der Waals surface area contributed by atoms with Crippen LogP contribution in [0.4, 0.5) is 0 Å². The molecular weight excluding hydrogens is 212 g/mol. The van der Waals surface area contributed by atoms with E-state index in [1.165, 1.54) is 5.56 Å². The molecule has 2 aromatic heterocycles. The van der Waals surface area contributed by atoms with E-state index in [2.05, 4.69) is 32.8 Å². The van der Waals surface area contributed by atoms with Gasteiger partial charge in [0.2, 0.25) is 0 Å². The molecule has 90 valence electrons. The lowest BCUT2D eigenvalue weighted by molar-refractivity contribution is 0.588. The van der Waals surface area contributed by atoms with Gasteiger partial charge in [-0.25, -0.2) is 4.98 Å². The highest BCUT2D eigenvalue weighted by Crippen LogP contribution is 2.00. The maximum atomic E-state index is 4.35. The van der Waals surface area contributed by atoms with Crippen LogP contribution in [0.3, 0.4) is 0 Å². The van der Waals surface area contributed by atoms with Crippen molar-refractivity contribution >= 4 is 0 Å². The summed E-state index contributed by atoms with van der Waals surface area (Å²) in [5.41, 5.74) is 1.20. The van der Waals surface area contributed by atoms with Gasteiger partial charge < -0.3 is 9.88 Å². The van der Waals surface area contributed by atoms with E-state index in [0.717, 1.165) is 31.9 Å². The van der Waals surface area contributed by atoms with Crippen molar-refractivity contribution in [3.05, 3.63) is 48.3 Å². The monoisotopic (exact) mass is 230 g/mol. The number of aromatic nitrogens is 3. The zero-order valence-electron chi connectivity index (χ0n) is 10.1. The first kappa shape index (κ1) is 11.8. The molecule has 0 aliphatic heterocycles. The maximum Gasteiger partial charge on any atom is 0.122 e. The molecule has 0 aromatic carbocycles. The quantitative estimate of drug-likeness (QED) is 0.825. The Morgan fingerprint density at radius 2 is 2.24 bits per heavy atom. The minimum atomic E-state index is 0.794. The summed E-state index contributed by atoms with van der Waals surface area (Å²) in [7, 11) is 0. The molecule has 0 fully saturated rings. The number of aryl methyl sites for hydroxylation is 1. The van der Waals surface area contributed by atoms with Crippen molar-refractivity contribution in [1.29, 1.82) is 0 Å². The van der Waals surface area contributed by atoms with Gasteiger partial charge in [-0.2, -0.15) is 0 Å². The van der Waals surface area contributed by atoms with E-state index in [9.17, 15) is 0 Å². The Hall–Kier alpha value is -1.68. The molecule has 1 N–H and O–H groups in total. The van der Waals surface area contributed by atoms with Crippen LogP contribution in [0.1, 0.15) is 24.7 Å². The molecule has 4 nitrogen and oxygen atoms in total. The van der Waals surface area contributed by atoms with Crippen LogP contribution in [0.15, 0.2) is 36.9 Å². The summed E-state index contributed by atoms with van der Waals surface area (Å²) in [5.74, 6) is 1.09. The molecule has 0 spiro atoms. The van der Waals surface area contributed by atoms with Gasteiger partial charge in [-0.05, 0) is 18.1 Å². The first-order valence-electron chi connectivity index (χ1n) is 5.99. The Morgan fingerprint density at radius 3 is 3.00 bits per heavy atom. The fourth-order valence-corrected chi connectivity index (χ4v) is 1.77. The van der Waals surface area contributed by atoms with Crippen molar-refractivity contribution in [1.82, 2.24) is 19.9 Å². The van der Waals surface area contributed by atoms with Crippen LogP contribution < -0.4 is 5.32 Å². The highest BCUT2D eigenvalue weighted by molar-refractivity contribution is 5.08. The number of pyridine rings is 1. The lowest BCUT2D eigenvalue weighted by Gasteiger charge is -2.07. The van der Waals surface area contributed by atoms with Crippen molar-refractivity contribution in [2.75, 3.05) is 0 Å². The largest absolute Gasteiger partial charge is 0.334 e. The van der Waals surface area contributed by atoms with Crippen molar-refractivity contribution in [2.24, 2.45) is 0 Å². The SMILES string of the molecule is CCCn1ccnc1CNCc1cccnc1. The highest BCUT2D eigenvalue weighted by atomic mass is 15.1. The van der Waals surface area contributed by atoms with Crippen LogP contribution in [-0.4, -0.2) is 14.5 Å². The summed E-state index contributed by atoms with van der Waals surface area (Å²) in [4.78, 5) is 8.44. The summed E-state index contributed by atoms with van der Waals surface area (Å²) in [5, 5.41) is 3.38. The van der Waals surface area contributed by atoms with Gasteiger partial charge in [0.25, 0.3) is 0 Å². The van der Waals surface area contributed by atoms with Crippen LogP contribution in [0.2, 0.25) is 0 Å². The van der Waals surface area contributed by atoms with E-state index in [4.69, 9.17) is 0 Å². The number of hydrogen-bond donors (Lipinski definition) is 1. The standard InChI is InChI=1S/C13H18N4/c1-2-7-17-8-6-16-13(17)11-15-10-12-4-3-5-14-9-12/h3-6,8-9,15H,2,7,10-11H2,1H3. The molecule has 2 aromatic rings. The first-order chi connectivity index (χ1) is 8.40. The summed E-state index contributed by atoms with van der Waals surface area (Å²) in [6.07, 6.45) is 8.69. The minimum absolute atomic E-state index is 0.794. The molecule has 0 aliphatic rings. The van der Waals surface area contributed by atoms with Crippen LogP contribution in [0.25, 0.3) is 0 Å². The van der Waals surface area contributed by atoms with E-state index in [1.54, 1.807) is 6.20 Å². The summed E-state index contributed by atoms with van der Waals surface area (Å²) in [6.45, 7) is 4.82. The lowest BCUT2D eigenvalue weighted by atomic mass is 10.3. The van der Waals surface area contributed by atoms with E-state index in [0.29, 0.717) is 0 Å². The average molecular weight is 230 g/mol. The predicted octanol–water partition coefficient (Wildman–Crippen LogP) is 1.98. The Labute approximate surface area is 102 Å². The molecule has 0 saturated heterocycles. The normalized spacial score (nSPS) is 10.6. The predicted molar refractivity (Wildman–Crippen MR) is 67.3 cm³/mol. The van der Waals surface area contributed by atoms with E-state index < -0.39 is 0 Å². The fourth-order valence-electron chi connectivity index (χ4n) is 1.77. The molecule has 4 heteroatoms. The third-order valence-electron chi connectivity index (χ3n) is 2.60. The molecule has 0 saturated carbocycles. The second kappa shape index (κ2) is 6.15. The van der Waals surface area contributed by atoms with Crippen LogP contribution in [-0.2, 0) is 19.6 Å². The zero-order valence-corrected chi connectivity index (χ0v) is 10.1. The zero-order chi connectivity index (χ0) is 11.9. The Kier molecular flexibility index (Phi) is 4.27. The Bertz CT molecular complexity index is 436. The van der Waals surface area contributed by atoms with E-state index >= 15 is 0 Å². The minimum Gasteiger partial charge on any atom is -0.334 e.